The first kappa shape index (κ1) is 14.7. The molecule has 1 saturated heterocycles. The van der Waals surface area contributed by atoms with E-state index in [4.69, 9.17) is 0 Å². The van der Waals surface area contributed by atoms with E-state index in [9.17, 15) is 9.90 Å². The fourth-order valence-electron chi connectivity index (χ4n) is 2.46. The van der Waals surface area contributed by atoms with Crippen LogP contribution in [0.2, 0.25) is 0 Å². The highest BCUT2D eigenvalue weighted by molar-refractivity contribution is 9.10. The van der Waals surface area contributed by atoms with Gasteiger partial charge in [0.15, 0.2) is 5.78 Å². The van der Waals surface area contributed by atoms with Crippen LogP contribution in [0.15, 0.2) is 28.7 Å². The molecule has 1 heterocycles. The Kier molecular flexibility index (Phi) is 5.13. The number of nitrogens with zero attached hydrogens (tertiary/aromatic N) is 1. The van der Waals surface area contributed by atoms with Crippen molar-refractivity contribution in [2.75, 3.05) is 19.6 Å². The van der Waals surface area contributed by atoms with E-state index in [1.807, 2.05) is 24.3 Å². The van der Waals surface area contributed by atoms with Gasteiger partial charge in [-0.1, -0.05) is 35.0 Å². The van der Waals surface area contributed by atoms with Crippen LogP contribution in [0.3, 0.4) is 0 Å². The molecule has 1 aliphatic heterocycles. The number of piperidine rings is 1. The second-order valence-corrected chi connectivity index (χ2v) is 6.23. The zero-order valence-electron chi connectivity index (χ0n) is 11.2. The van der Waals surface area contributed by atoms with Gasteiger partial charge in [0, 0.05) is 36.1 Å². The molecule has 0 saturated carbocycles. The van der Waals surface area contributed by atoms with E-state index >= 15 is 0 Å². The molecule has 1 fully saturated rings. The van der Waals surface area contributed by atoms with Gasteiger partial charge in [-0.3, -0.25) is 4.79 Å². The highest BCUT2D eigenvalue weighted by atomic mass is 79.9. The summed E-state index contributed by atoms with van der Waals surface area (Å²) in [6, 6.07) is 7.50. The molecule has 0 spiro atoms. The third kappa shape index (κ3) is 4.13. The predicted octanol–water partition coefficient (Wildman–Crippen LogP) is 2.72. The zero-order valence-corrected chi connectivity index (χ0v) is 12.8. The number of rotatable bonds is 4. The van der Waals surface area contributed by atoms with Crippen molar-refractivity contribution in [2.24, 2.45) is 5.92 Å². The molecule has 0 aliphatic carbocycles. The SMILES string of the molecule is CC1CN(CCC(=O)c2ccc(Br)cc2)CCC1O. The summed E-state index contributed by atoms with van der Waals surface area (Å²) in [4.78, 5) is 14.3. The molecule has 2 atom stereocenters. The molecular formula is C15H20BrNO2. The first-order valence-electron chi connectivity index (χ1n) is 6.75. The largest absolute Gasteiger partial charge is 0.393 e. The van der Waals surface area contributed by atoms with Crippen molar-refractivity contribution in [3.8, 4) is 0 Å². The van der Waals surface area contributed by atoms with Crippen LogP contribution in [0.25, 0.3) is 0 Å². The molecule has 0 aromatic heterocycles. The molecule has 1 aromatic rings. The molecule has 1 aromatic carbocycles. The van der Waals surface area contributed by atoms with Crippen molar-refractivity contribution < 1.29 is 9.90 Å². The van der Waals surface area contributed by atoms with Gasteiger partial charge in [0.2, 0.25) is 0 Å². The maximum absolute atomic E-state index is 12.1. The molecule has 0 bridgehead atoms. The van der Waals surface area contributed by atoms with Crippen molar-refractivity contribution in [3.05, 3.63) is 34.3 Å². The second-order valence-electron chi connectivity index (χ2n) is 5.31. The summed E-state index contributed by atoms with van der Waals surface area (Å²) in [7, 11) is 0. The van der Waals surface area contributed by atoms with Gasteiger partial charge in [0.1, 0.15) is 0 Å². The summed E-state index contributed by atoms with van der Waals surface area (Å²) in [6.07, 6.45) is 1.18. The molecular weight excluding hydrogens is 306 g/mol. The molecule has 2 unspecified atom stereocenters. The quantitative estimate of drug-likeness (QED) is 0.865. The zero-order chi connectivity index (χ0) is 13.8. The number of Topliss-reactive ketones (excluding diaryl/α,β-unsaturated/α-hetero) is 1. The first-order chi connectivity index (χ1) is 9.06. The number of carbonyl (C=O) groups is 1. The second kappa shape index (κ2) is 6.64. The number of likely N-dealkylation sites (tertiary alicyclic amines) is 1. The molecule has 0 amide bonds. The van der Waals surface area contributed by atoms with Crippen LogP contribution in [0, 0.1) is 5.92 Å². The Balaban J connectivity index is 1.82. The lowest BCUT2D eigenvalue weighted by atomic mass is 9.96. The van der Waals surface area contributed by atoms with Crippen LogP contribution in [-0.2, 0) is 0 Å². The van der Waals surface area contributed by atoms with E-state index in [0.717, 1.165) is 36.1 Å². The molecule has 1 N–H and O–H groups in total. The highest BCUT2D eigenvalue weighted by Gasteiger charge is 2.24. The summed E-state index contributed by atoms with van der Waals surface area (Å²) in [5.74, 6) is 0.489. The number of aliphatic hydroxyl groups is 1. The lowest BCUT2D eigenvalue weighted by Crippen LogP contribution is -2.42. The Morgan fingerprint density at radius 1 is 1.42 bits per heavy atom. The van der Waals surface area contributed by atoms with Crippen molar-refractivity contribution in [3.63, 3.8) is 0 Å². The Morgan fingerprint density at radius 2 is 2.11 bits per heavy atom. The number of halogens is 1. The fraction of sp³-hybridized carbons (Fsp3) is 0.533. The number of hydrogen-bond acceptors (Lipinski definition) is 3. The molecule has 1 aliphatic rings. The van der Waals surface area contributed by atoms with E-state index in [-0.39, 0.29) is 11.9 Å². The van der Waals surface area contributed by atoms with Crippen LogP contribution >= 0.6 is 15.9 Å². The first-order valence-corrected chi connectivity index (χ1v) is 7.55. The average molecular weight is 326 g/mol. The van der Waals surface area contributed by atoms with Gasteiger partial charge in [-0.05, 0) is 24.5 Å². The van der Waals surface area contributed by atoms with Crippen molar-refractivity contribution >= 4 is 21.7 Å². The van der Waals surface area contributed by atoms with Crippen molar-refractivity contribution in [1.82, 2.24) is 4.90 Å². The average Bonchev–Trinajstić information content (AvgIpc) is 2.40. The number of carbonyl (C=O) groups excluding carboxylic acids is 1. The predicted molar refractivity (Wildman–Crippen MR) is 79.3 cm³/mol. The lowest BCUT2D eigenvalue weighted by Gasteiger charge is -2.34. The summed E-state index contributed by atoms with van der Waals surface area (Å²) >= 11 is 3.37. The normalized spacial score (nSPS) is 24.4. The summed E-state index contributed by atoms with van der Waals surface area (Å²) in [5.41, 5.74) is 0.772. The Labute approximate surface area is 122 Å². The Morgan fingerprint density at radius 3 is 2.74 bits per heavy atom. The minimum atomic E-state index is -0.182. The number of ketones is 1. The van der Waals surface area contributed by atoms with Gasteiger partial charge in [0.05, 0.1) is 6.10 Å². The van der Waals surface area contributed by atoms with Crippen molar-refractivity contribution in [2.45, 2.75) is 25.9 Å². The highest BCUT2D eigenvalue weighted by Crippen LogP contribution is 2.17. The number of hydrogen-bond donors (Lipinski definition) is 1. The maximum Gasteiger partial charge on any atom is 0.164 e. The fourth-order valence-corrected chi connectivity index (χ4v) is 2.73. The molecule has 104 valence electrons. The lowest BCUT2D eigenvalue weighted by molar-refractivity contribution is 0.0346. The summed E-state index contributed by atoms with van der Waals surface area (Å²) in [6.45, 7) is 4.62. The van der Waals surface area contributed by atoms with Gasteiger partial charge >= 0.3 is 0 Å². The van der Waals surface area contributed by atoms with E-state index in [1.165, 1.54) is 0 Å². The van der Waals surface area contributed by atoms with Gasteiger partial charge < -0.3 is 10.0 Å². The van der Waals surface area contributed by atoms with Gasteiger partial charge in [-0.2, -0.15) is 0 Å². The van der Waals surface area contributed by atoms with Crippen LogP contribution in [0.5, 0.6) is 0 Å². The van der Waals surface area contributed by atoms with Crippen LogP contribution < -0.4 is 0 Å². The van der Waals surface area contributed by atoms with Crippen molar-refractivity contribution in [1.29, 1.82) is 0 Å². The maximum atomic E-state index is 12.1. The van der Waals surface area contributed by atoms with Gasteiger partial charge in [-0.25, -0.2) is 0 Å². The third-order valence-electron chi connectivity index (χ3n) is 3.77. The minimum Gasteiger partial charge on any atom is -0.393 e. The number of benzene rings is 1. The number of aliphatic hydroxyl groups excluding tert-OH is 1. The van der Waals surface area contributed by atoms with E-state index in [2.05, 4.69) is 27.8 Å². The standard InChI is InChI=1S/C15H20BrNO2/c1-11-10-17(8-6-14(11)18)9-7-15(19)12-2-4-13(16)5-3-12/h2-5,11,14,18H,6-10H2,1H3. The molecule has 19 heavy (non-hydrogen) atoms. The van der Waals surface area contributed by atoms with E-state index < -0.39 is 0 Å². The van der Waals surface area contributed by atoms with Crippen LogP contribution in [0.1, 0.15) is 30.1 Å². The molecule has 2 rings (SSSR count). The van der Waals surface area contributed by atoms with E-state index in [1.54, 1.807) is 0 Å². The Bertz CT molecular complexity index is 432. The molecule has 4 heteroatoms. The minimum absolute atomic E-state index is 0.182. The molecule has 3 nitrogen and oxygen atoms in total. The Hall–Kier alpha value is -0.710. The van der Waals surface area contributed by atoms with Crippen LogP contribution in [0.4, 0.5) is 0 Å². The monoisotopic (exact) mass is 325 g/mol. The summed E-state index contributed by atoms with van der Waals surface area (Å²) < 4.78 is 0.989. The molecule has 0 radical (unpaired) electrons. The van der Waals surface area contributed by atoms with Gasteiger partial charge in [-0.15, -0.1) is 0 Å². The third-order valence-corrected chi connectivity index (χ3v) is 4.29. The summed E-state index contributed by atoms with van der Waals surface area (Å²) in [5, 5.41) is 9.68. The van der Waals surface area contributed by atoms with Gasteiger partial charge in [0.25, 0.3) is 0 Å². The smallest absolute Gasteiger partial charge is 0.164 e. The van der Waals surface area contributed by atoms with Crippen LogP contribution in [-0.4, -0.2) is 41.5 Å². The van der Waals surface area contributed by atoms with E-state index in [0.29, 0.717) is 12.3 Å². The topological polar surface area (TPSA) is 40.5 Å².